The van der Waals surface area contributed by atoms with E-state index < -0.39 is 11.8 Å². The Morgan fingerprint density at radius 1 is 1.38 bits per heavy atom. The van der Waals surface area contributed by atoms with Gasteiger partial charge >= 0.3 is 0 Å². The van der Waals surface area contributed by atoms with Crippen LogP contribution >= 0.6 is 11.3 Å². The van der Waals surface area contributed by atoms with Crippen LogP contribution in [0.3, 0.4) is 0 Å². The zero-order valence-corrected chi connectivity index (χ0v) is 16.7. The van der Waals surface area contributed by atoms with E-state index in [0.29, 0.717) is 29.2 Å². The van der Waals surface area contributed by atoms with E-state index in [1.165, 1.54) is 19.3 Å². The number of rotatable bonds is 5. The third-order valence-electron chi connectivity index (χ3n) is 4.80. The van der Waals surface area contributed by atoms with E-state index in [1.807, 2.05) is 6.92 Å². The number of fused-ring (bicyclic) bond motifs is 1. The number of likely N-dealkylation sites (tertiary alicyclic amines) is 1. The molecule has 2 aromatic heterocycles. The molecule has 152 valence electrons. The Labute approximate surface area is 169 Å². The number of halogens is 2. The lowest BCUT2D eigenvalue weighted by Gasteiger charge is -2.19. The Hall–Kier alpha value is -2.72. The fraction of sp³-hybridized carbons (Fsp3) is 0.368. The van der Waals surface area contributed by atoms with Crippen molar-refractivity contribution in [2.75, 3.05) is 11.9 Å². The molecule has 4 rings (SSSR count). The van der Waals surface area contributed by atoms with Gasteiger partial charge < -0.3 is 10.1 Å². The standard InChI is InChI=1S/C19H19F2N5O2S/c1-10-6-12(28-18-13-4-3-5-14(20)16(13)22-9-23-18)7-26(10)8-15-17(21)25-19(29-15)24-11(2)27/h3-5,9-10,12H,6-8H2,1-2H3,(H,24,25,27)/t10-,12+/m0/s1. The molecule has 0 aliphatic carbocycles. The fourth-order valence-electron chi connectivity index (χ4n) is 3.45. The summed E-state index contributed by atoms with van der Waals surface area (Å²) < 4.78 is 34.1. The Morgan fingerprint density at radius 3 is 3.00 bits per heavy atom. The van der Waals surface area contributed by atoms with Crippen LogP contribution in [0.4, 0.5) is 13.9 Å². The molecule has 1 aromatic carbocycles. The highest BCUT2D eigenvalue weighted by molar-refractivity contribution is 7.15. The van der Waals surface area contributed by atoms with Crippen molar-refractivity contribution in [3.63, 3.8) is 0 Å². The monoisotopic (exact) mass is 419 g/mol. The van der Waals surface area contributed by atoms with Gasteiger partial charge in [0.2, 0.25) is 17.7 Å². The highest BCUT2D eigenvalue weighted by Gasteiger charge is 2.32. The van der Waals surface area contributed by atoms with Crippen LogP contribution in [0.25, 0.3) is 10.9 Å². The van der Waals surface area contributed by atoms with Gasteiger partial charge in [0.15, 0.2) is 5.13 Å². The van der Waals surface area contributed by atoms with E-state index in [0.717, 1.165) is 17.8 Å². The zero-order valence-electron chi connectivity index (χ0n) is 15.9. The second kappa shape index (κ2) is 7.96. The van der Waals surface area contributed by atoms with Gasteiger partial charge in [-0.2, -0.15) is 9.37 Å². The minimum absolute atomic E-state index is 0.149. The Kier molecular flexibility index (Phi) is 5.37. The smallest absolute Gasteiger partial charge is 0.230 e. The molecule has 7 nitrogen and oxygen atoms in total. The maximum Gasteiger partial charge on any atom is 0.230 e. The van der Waals surface area contributed by atoms with Crippen LogP contribution in [0.15, 0.2) is 24.5 Å². The van der Waals surface area contributed by atoms with Crippen molar-refractivity contribution in [3.8, 4) is 5.88 Å². The SMILES string of the molecule is CC(=O)Nc1nc(F)c(CN2C[C@H](Oc3ncnc4c(F)cccc34)C[C@@H]2C)s1. The molecule has 3 aromatic rings. The molecule has 1 aliphatic heterocycles. The van der Waals surface area contributed by atoms with Crippen molar-refractivity contribution in [1.82, 2.24) is 19.9 Å². The van der Waals surface area contributed by atoms with Gasteiger partial charge in [0, 0.05) is 32.5 Å². The number of carbonyl (C=O) groups is 1. The Morgan fingerprint density at radius 2 is 2.21 bits per heavy atom. The number of ether oxygens (including phenoxy) is 1. The van der Waals surface area contributed by atoms with Crippen molar-refractivity contribution in [2.45, 2.75) is 39.0 Å². The Balaban J connectivity index is 1.46. The first kappa shape index (κ1) is 19.6. The summed E-state index contributed by atoms with van der Waals surface area (Å²) in [5, 5.41) is 3.28. The van der Waals surface area contributed by atoms with Gasteiger partial charge in [0.1, 0.15) is 23.8 Å². The van der Waals surface area contributed by atoms with Crippen LogP contribution in [-0.2, 0) is 11.3 Å². The molecule has 0 unspecified atom stereocenters. The number of hydrogen-bond donors (Lipinski definition) is 1. The topological polar surface area (TPSA) is 80.2 Å². The van der Waals surface area contributed by atoms with Gasteiger partial charge in [-0.3, -0.25) is 9.69 Å². The minimum atomic E-state index is -0.576. The van der Waals surface area contributed by atoms with Crippen molar-refractivity contribution in [2.24, 2.45) is 0 Å². The highest BCUT2D eigenvalue weighted by atomic mass is 32.1. The van der Waals surface area contributed by atoms with E-state index in [9.17, 15) is 13.6 Å². The number of para-hydroxylation sites is 1. The van der Waals surface area contributed by atoms with Crippen molar-refractivity contribution in [3.05, 3.63) is 41.2 Å². The molecule has 3 heterocycles. The minimum Gasteiger partial charge on any atom is -0.472 e. The zero-order chi connectivity index (χ0) is 20.5. The lowest BCUT2D eigenvalue weighted by atomic mass is 10.2. The molecule has 1 N–H and O–H groups in total. The largest absolute Gasteiger partial charge is 0.472 e. The molecule has 0 radical (unpaired) electrons. The molecule has 29 heavy (non-hydrogen) atoms. The van der Waals surface area contributed by atoms with E-state index in [1.54, 1.807) is 12.1 Å². The molecule has 1 saturated heterocycles. The predicted molar refractivity (Wildman–Crippen MR) is 105 cm³/mol. The van der Waals surface area contributed by atoms with E-state index in [-0.39, 0.29) is 28.7 Å². The maximum atomic E-state index is 14.1. The molecule has 0 spiro atoms. The summed E-state index contributed by atoms with van der Waals surface area (Å²) in [4.78, 5) is 25.6. The molecule has 1 aliphatic rings. The third kappa shape index (κ3) is 4.18. The summed E-state index contributed by atoms with van der Waals surface area (Å²) in [6.07, 6.45) is 1.84. The second-order valence-electron chi connectivity index (χ2n) is 6.98. The first-order valence-electron chi connectivity index (χ1n) is 9.13. The lowest BCUT2D eigenvalue weighted by Crippen LogP contribution is -2.28. The fourth-order valence-corrected chi connectivity index (χ4v) is 4.36. The van der Waals surface area contributed by atoms with Crippen molar-refractivity contribution in [1.29, 1.82) is 0 Å². The van der Waals surface area contributed by atoms with Gasteiger partial charge in [-0.1, -0.05) is 17.4 Å². The number of aromatic nitrogens is 3. The Bertz CT molecular complexity index is 1060. The van der Waals surface area contributed by atoms with Crippen LogP contribution in [0, 0.1) is 11.8 Å². The summed E-state index contributed by atoms with van der Waals surface area (Å²) in [6, 6.07) is 4.81. The van der Waals surface area contributed by atoms with Crippen LogP contribution in [-0.4, -0.2) is 44.4 Å². The summed E-state index contributed by atoms with van der Waals surface area (Å²) >= 11 is 1.12. The first-order valence-corrected chi connectivity index (χ1v) is 9.95. The third-order valence-corrected chi connectivity index (χ3v) is 5.73. The van der Waals surface area contributed by atoms with Crippen molar-refractivity contribution < 1.29 is 18.3 Å². The quantitative estimate of drug-likeness (QED) is 0.683. The molecule has 1 fully saturated rings. The molecule has 2 atom stereocenters. The van der Waals surface area contributed by atoms with Gasteiger partial charge in [-0.05, 0) is 19.1 Å². The summed E-state index contributed by atoms with van der Waals surface area (Å²) in [5.41, 5.74) is 0.220. The number of hydrogen-bond acceptors (Lipinski definition) is 7. The van der Waals surface area contributed by atoms with Crippen molar-refractivity contribution >= 4 is 33.3 Å². The number of benzene rings is 1. The normalized spacial score (nSPS) is 19.6. The van der Waals surface area contributed by atoms with Gasteiger partial charge in [0.05, 0.1) is 10.3 Å². The highest BCUT2D eigenvalue weighted by Crippen LogP contribution is 2.30. The molecule has 0 bridgehead atoms. The molecular formula is C19H19F2N5O2S. The summed E-state index contributed by atoms with van der Waals surface area (Å²) in [7, 11) is 0. The lowest BCUT2D eigenvalue weighted by molar-refractivity contribution is -0.114. The number of anilines is 1. The van der Waals surface area contributed by atoms with Gasteiger partial charge in [0.25, 0.3) is 0 Å². The summed E-state index contributed by atoms with van der Waals surface area (Å²) in [5.74, 6) is -0.952. The average Bonchev–Trinajstić information content (AvgIpc) is 3.17. The molecular weight excluding hydrogens is 400 g/mol. The number of thiazole rings is 1. The number of carbonyl (C=O) groups excluding carboxylic acids is 1. The van der Waals surface area contributed by atoms with Gasteiger partial charge in [-0.15, -0.1) is 0 Å². The number of nitrogens with zero attached hydrogens (tertiary/aromatic N) is 4. The maximum absolute atomic E-state index is 14.1. The molecule has 10 heteroatoms. The van der Waals surface area contributed by atoms with E-state index in [2.05, 4.69) is 25.2 Å². The molecule has 0 saturated carbocycles. The van der Waals surface area contributed by atoms with Crippen LogP contribution in [0.5, 0.6) is 5.88 Å². The van der Waals surface area contributed by atoms with Crippen LogP contribution in [0.2, 0.25) is 0 Å². The number of amides is 1. The average molecular weight is 419 g/mol. The predicted octanol–water partition coefficient (Wildman–Crippen LogP) is 3.36. The number of nitrogens with one attached hydrogen (secondary N) is 1. The molecule has 1 amide bonds. The van der Waals surface area contributed by atoms with Crippen LogP contribution in [0.1, 0.15) is 25.1 Å². The van der Waals surface area contributed by atoms with Gasteiger partial charge in [-0.25, -0.2) is 14.4 Å². The van der Waals surface area contributed by atoms with Crippen LogP contribution < -0.4 is 10.1 Å². The second-order valence-corrected chi connectivity index (χ2v) is 8.07. The summed E-state index contributed by atoms with van der Waals surface area (Å²) in [6.45, 7) is 4.32. The van der Waals surface area contributed by atoms with E-state index in [4.69, 9.17) is 4.74 Å². The van der Waals surface area contributed by atoms with E-state index >= 15 is 0 Å². The first-order chi connectivity index (χ1) is 13.9.